The number of benzene rings is 1. The highest BCUT2D eigenvalue weighted by atomic mass is 19.1. The number of carbonyl (C=O) groups is 1. The van der Waals surface area contributed by atoms with Crippen molar-refractivity contribution in [2.24, 2.45) is 0 Å². The van der Waals surface area contributed by atoms with E-state index in [1.54, 1.807) is 6.08 Å². The maximum atomic E-state index is 13.3. The molecule has 5 nitrogen and oxygen atoms in total. The molecule has 1 aromatic rings. The molecule has 1 rings (SSSR count). The first-order chi connectivity index (χ1) is 9.18. The van der Waals surface area contributed by atoms with Gasteiger partial charge in [0.2, 0.25) is 5.82 Å². The van der Waals surface area contributed by atoms with E-state index in [1.807, 2.05) is 20.8 Å². The summed E-state index contributed by atoms with van der Waals surface area (Å²) in [4.78, 5) is 23.8. The lowest BCUT2D eigenvalue weighted by Gasteiger charge is -2.35. The van der Waals surface area contributed by atoms with Crippen LogP contribution in [0.5, 0.6) is 0 Å². The topological polar surface area (TPSA) is 63.5 Å². The second-order valence-corrected chi connectivity index (χ2v) is 5.30. The van der Waals surface area contributed by atoms with Gasteiger partial charge in [0.25, 0.3) is 5.91 Å². The highest BCUT2D eigenvalue weighted by Gasteiger charge is 2.28. The van der Waals surface area contributed by atoms with Gasteiger partial charge >= 0.3 is 5.69 Å². The molecule has 1 amide bonds. The predicted octanol–water partition coefficient (Wildman–Crippen LogP) is 3.16. The van der Waals surface area contributed by atoms with E-state index in [2.05, 4.69) is 6.58 Å². The summed E-state index contributed by atoms with van der Waals surface area (Å²) >= 11 is 0. The second-order valence-electron chi connectivity index (χ2n) is 5.30. The minimum absolute atomic E-state index is 0.0786. The van der Waals surface area contributed by atoms with Gasteiger partial charge in [-0.2, -0.15) is 4.39 Å². The smallest absolute Gasteiger partial charge is 0.305 e. The van der Waals surface area contributed by atoms with E-state index < -0.39 is 27.9 Å². The molecule has 0 aliphatic heterocycles. The van der Waals surface area contributed by atoms with Crippen LogP contribution in [0.2, 0.25) is 0 Å². The summed E-state index contributed by atoms with van der Waals surface area (Å²) in [5.41, 5.74) is -1.10. The molecule has 20 heavy (non-hydrogen) atoms. The number of rotatable bonds is 4. The molecule has 0 radical (unpaired) electrons. The van der Waals surface area contributed by atoms with Crippen molar-refractivity contribution in [3.63, 3.8) is 0 Å². The van der Waals surface area contributed by atoms with Crippen LogP contribution >= 0.6 is 0 Å². The Balaban J connectivity index is 3.22. The van der Waals surface area contributed by atoms with Crippen molar-refractivity contribution < 1.29 is 14.1 Å². The Labute approximate surface area is 116 Å². The first-order valence-corrected chi connectivity index (χ1v) is 6.05. The molecule has 0 N–H and O–H groups in total. The third kappa shape index (κ3) is 3.40. The molecule has 108 valence electrons. The number of amides is 1. The fraction of sp³-hybridized carbons (Fsp3) is 0.357. The first kappa shape index (κ1) is 15.8. The van der Waals surface area contributed by atoms with Crippen molar-refractivity contribution in [2.75, 3.05) is 6.54 Å². The van der Waals surface area contributed by atoms with Crippen LogP contribution in [0.1, 0.15) is 31.1 Å². The van der Waals surface area contributed by atoms with Crippen LogP contribution in [0.25, 0.3) is 0 Å². The Bertz CT molecular complexity index is 550. The molecule has 6 heteroatoms. The van der Waals surface area contributed by atoms with Crippen LogP contribution in [0.3, 0.4) is 0 Å². The molecule has 0 fully saturated rings. The van der Waals surface area contributed by atoms with Crippen molar-refractivity contribution in [1.82, 2.24) is 4.90 Å². The van der Waals surface area contributed by atoms with E-state index in [9.17, 15) is 19.3 Å². The number of nitro benzene ring substituents is 1. The molecule has 0 saturated heterocycles. The molecule has 0 saturated carbocycles. The third-order valence-corrected chi connectivity index (χ3v) is 2.76. The minimum atomic E-state index is -0.961. The summed E-state index contributed by atoms with van der Waals surface area (Å²) in [6, 6.07) is 3.13. The van der Waals surface area contributed by atoms with Gasteiger partial charge in [0, 0.05) is 23.7 Å². The van der Waals surface area contributed by atoms with E-state index in [0.29, 0.717) is 6.54 Å². The molecule has 1 aromatic carbocycles. The SMILES string of the molecule is C=CCN(C(=O)c1ccc(F)c([N+](=O)[O-])c1)C(C)(C)C. The van der Waals surface area contributed by atoms with Crippen LogP contribution in [-0.4, -0.2) is 27.8 Å². The number of halogens is 1. The summed E-state index contributed by atoms with van der Waals surface area (Å²) in [6.45, 7) is 9.41. The van der Waals surface area contributed by atoms with Gasteiger partial charge in [-0.15, -0.1) is 6.58 Å². The summed E-state index contributed by atoms with van der Waals surface area (Å²) in [7, 11) is 0. The molecule has 0 spiro atoms. The van der Waals surface area contributed by atoms with Crippen molar-refractivity contribution in [3.8, 4) is 0 Å². The Morgan fingerprint density at radius 3 is 2.55 bits per heavy atom. The van der Waals surface area contributed by atoms with Gasteiger partial charge in [-0.05, 0) is 32.9 Å². The average molecular weight is 280 g/mol. The lowest BCUT2D eigenvalue weighted by molar-refractivity contribution is -0.387. The zero-order valence-corrected chi connectivity index (χ0v) is 11.7. The maximum absolute atomic E-state index is 13.3. The van der Waals surface area contributed by atoms with Crippen LogP contribution < -0.4 is 0 Å². The number of nitrogens with zero attached hydrogens (tertiary/aromatic N) is 2. The molecular formula is C14H17FN2O3. The van der Waals surface area contributed by atoms with Crippen LogP contribution in [-0.2, 0) is 0 Å². The monoisotopic (exact) mass is 280 g/mol. The zero-order valence-electron chi connectivity index (χ0n) is 11.7. The molecular weight excluding hydrogens is 263 g/mol. The standard InChI is InChI=1S/C14H17FN2O3/c1-5-8-16(14(2,3)4)13(18)10-6-7-11(15)12(9-10)17(19)20/h5-7,9H,1,8H2,2-4H3. The van der Waals surface area contributed by atoms with E-state index in [4.69, 9.17) is 0 Å². The van der Waals surface area contributed by atoms with Gasteiger partial charge in [-0.3, -0.25) is 14.9 Å². The Morgan fingerprint density at radius 1 is 1.50 bits per heavy atom. The summed E-state index contributed by atoms with van der Waals surface area (Å²) < 4.78 is 13.3. The lowest BCUT2D eigenvalue weighted by Crippen LogP contribution is -2.45. The molecule has 0 unspecified atom stereocenters. The molecule has 0 aliphatic carbocycles. The van der Waals surface area contributed by atoms with Crippen molar-refractivity contribution >= 4 is 11.6 Å². The van der Waals surface area contributed by atoms with Gasteiger partial charge in [-0.25, -0.2) is 0 Å². The fourth-order valence-corrected chi connectivity index (χ4v) is 1.73. The molecule has 0 atom stereocenters. The second kappa shape index (κ2) is 5.81. The van der Waals surface area contributed by atoms with Gasteiger partial charge in [0.1, 0.15) is 0 Å². The number of nitro groups is 1. The summed E-state index contributed by atoms with van der Waals surface area (Å²) in [6.07, 6.45) is 1.57. The van der Waals surface area contributed by atoms with Crippen molar-refractivity contribution in [3.05, 3.63) is 52.3 Å². The third-order valence-electron chi connectivity index (χ3n) is 2.76. The normalized spacial score (nSPS) is 11.0. The van der Waals surface area contributed by atoms with E-state index in [-0.39, 0.29) is 5.56 Å². The number of carbonyl (C=O) groups excluding carboxylic acids is 1. The molecule has 0 bridgehead atoms. The van der Waals surface area contributed by atoms with Gasteiger partial charge in [0.05, 0.1) is 4.92 Å². The molecule has 0 heterocycles. The Kier molecular flexibility index (Phi) is 4.60. The van der Waals surface area contributed by atoms with Gasteiger partial charge in [-0.1, -0.05) is 6.08 Å². The highest BCUT2D eigenvalue weighted by Crippen LogP contribution is 2.22. The van der Waals surface area contributed by atoms with Crippen LogP contribution in [0.15, 0.2) is 30.9 Å². The first-order valence-electron chi connectivity index (χ1n) is 6.05. The Morgan fingerprint density at radius 2 is 2.10 bits per heavy atom. The lowest BCUT2D eigenvalue weighted by atomic mass is 10.0. The highest BCUT2D eigenvalue weighted by molar-refractivity contribution is 5.95. The van der Waals surface area contributed by atoms with Crippen LogP contribution in [0.4, 0.5) is 10.1 Å². The minimum Gasteiger partial charge on any atom is -0.330 e. The summed E-state index contributed by atoms with van der Waals surface area (Å²) in [5, 5.41) is 10.7. The summed E-state index contributed by atoms with van der Waals surface area (Å²) in [5.74, 6) is -1.36. The van der Waals surface area contributed by atoms with Crippen molar-refractivity contribution in [1.29, 1.82) is 0 Å². The zero-order chi connectivity index (χ0) is 15.5. The van der Waals surface area contributed by atoms with Crippen LogP contribution in [0, 0.1) is 15.9 Å². The average Bonchev–Trinajstić information content (AvgIpc) is 2.34. The Hall–Kier alpha value is -2.24. The fourth-order valence-electron chi connectivity index (χ4n) is 1.73. The van der Waals surface area contributed by atoms with Gasteiger partial charge in [0.15, 0.2) is 0 Å². The van der Waals surface area contributed by atoms with E-state index in [1.165, 1.54) is 11.0 Å². The van der Waals surface area contributed by atoms with Gasteiger partial charge < -0.3 is 4.90 Å². The predicted molar refractivity (Wildman–Crippen MR) is 74.0 cm³/mol. The quantitative estimate of drug-likeness (QED) is 0.483. The van der Waals surface area contributed by atoms with E-state index in [0.717, 1.165) is 12.1 Å². The molecule has 0 aliphatic rings. The number of hydrogen-bond donors (Lipinski definition) is 0. The largest absolute Gasteiger partial charge is 0.330 e. The van der Waals surface area contributed by atoms with E-state index >= 15 is 0 Å². The van der Waals surface area contributed by atoms with Crippen molar-refractivity contribution in [2.45, 2.75) is 26.3 Å². The number of hydrogen-bond acceptors (Lipinski definition) is 3. The maximum Gasteiger partial charge on any atom is 0.305 e. The molecule has 0 aromatic heterocycles.